The Morgan fingerprint density at radius 2 is 2.00 bits per heavy atom. The molecule has 0 saturated heterocycles. The molecule has 0 bridgehead atoms. The molecule has 0 saturated carbocycles. The average Bonchev–Trinajstić information content (AvgIpc) is 3.17. The van der Waals surface area contributed by atoms with Crippen molar-refractivity contribution in [1.82, 2.24) is 25.1 Å². The molecule has 0 fully saturated rings. The number of benzene rings is 1. The number of nitrogens with one attached hydrogen (secondary N) is 1. The normalized spacial score (nSPS) is 11.8. The number of pyridine rings is 1. The number of carbonyl (C=O) groups excluding carboxylic acids is 1. The summed E-state index contributed by atoms with van der Waals surface area (Å²) >= 11 is 0. The number of hydrogen-bond acceptors (Lipinski definition) is 6. The maximum Gasteiger partial charge on any atom is 0.251 e. The van der Waals surface area contributed by atoms with Gasteiger partial charge in [0.25, 0.3) is 5.91 Å². The molecule has 0 aliphatic rings. The highest BCUT2D eigenvalue weighted by molar-refractivity contribution is 5.95. The first-order valence-corrected chi connectivity index (χ1v) is 8.62. The number of nitrogens with zero attached hydrogens (tertiary/aromatic N) is 4. The van der Waals surface area contributed by atoms with Gasteiger partial charge in [-0.1, -0.05) is 12.1 Å². The van der Waals surface area contributed by atoms with Crippen LogP contribution < -0.4 is 15.8 Å². The van der Waals surface area contributed by atoms with E-state index >= 15 is 0 Å². The van der Waals surface area contributed by atoms with Crippen LogP contribution in [-0.2, 0) is 6.54 Å². The third-order valence-electron chi connectivity index (χ3n) is 4.24. The lowest BCUT2D eigenvalue weighted by atomic mass is 10.1. The number of aryl methyl sites for hydroxylation is 1. The zero-order valence-corrected chi connectivity index (χ0v) is 15.5. The number of anilines is 1. The van der Waals surface area contributed by atoms with Gasteiger partial charge in [-0.3, -0.25) is 9.78 Å². The molecule has 1 amide bonds. The number of amides is 1. The molecule has 8 nitrogen and oxygen atoms in total. The average molecular weight is 366 g/mol. The molecule has 0 aliphatic carbocycles. The molecule has 1 atom stereocenters. The predicted molar refractivity (Wildman–Crippen MR) is 102 cm³/mol. The Hall–Kier alpha value is -3.42. The van der Waals surface area contributed by atoms with Crippen LogP contribution in [0.15, 0.2) is 42.9 Å². The van der Waals surface area contributed by atoms with Crippen LogP contribution in [0, 0.1) is 0 Å². The number of carbonyl (C=O) groups is 1. The summed E-state index contributed by atoms with van der Waals surface area (Å²) in [7, 11) is 1.55. The summed E-state index contributed by atoms with van der Waals surface area (Å²) in [5.41, 5.74) is 8.43. The Kier molecular flexibility index (Phi) is 5.35. The number of ether oxygens (including phenoxy) is 1. The van der Waals surface area contributed by atoms with Gasteiger partial charge in [-0.15, -0.1) is 0 Å². The van der Waals surface area contributed by atoms with E-state index in [2.05, 4.69) is 20.4 Å². The van der Waals surface area contributed by atoms with Gasteiger partial charge < -0.3 is 15.8 Å². The minimum Gasteiger partial charge on any atom is -0.492 e. The molecular formula is C19H22N6O2. The first-order valence-electron chi connectivity index (χ1n) is 8.62. The van der Waals surface area contributed by atoms with E-state index in [1.165, 1.54) is 6.33 Å². The van der Waals surface area contributed by atoms with E-state index < -0.39 is 0 Å². The lowest BCUT2D eigenvalue weighted by molar-refractivity contribution is 0.0937. The molecule has 140 valence electrons. The third-order valence-corrected chi connectivity index (χ3v) is 4.24. The van der Waals surface area contributed by atoms with Crippen molar-refractivity contribution in [2.24, 2.45) is 0 Å². The number of hydrogen-bond donors (Lipinski definition) is 2. The van der Waals surface area contributed by atoms with Crippen LogP contribution in [0.5, 0.6) is 5.75 Å². The fourth-order valence-corrected chi connectivity index (χ4v) is 2.86. The first kappa shape index (κ1) is 18.4. The zero-order valence-electron chi connectivity index (χ0n) is 15.5. The third kappa shape index (κ3) is 3.74. The van der Waals surface area contributed by atoms with Crippen LogP contribution in [0.3, 0.4) is 0 Å². The van der Waals surface area contributed by atoms with Crippen LogP contribution in [0.2, 0.25) is 0 Å². The van der Waals surface area contributed by atoms with E-state index in [1.54, 1.807) is 36.2 Å². The summed E-state index contributed by atoms with van der Waals surface area (Å²) in [4.78, 5) is 21.1. The number of nitrogen functional groups attached to an aromatic ring is 1. The quantitative estimate of drug-likeness (QED) is 0.694. The van der Waals surface area contributed by atoms with Crippen molar-refractivity contribution in [2.75, 3.05) is 12.8 Å². The fourth-order valence-electron chi connectivity index (χ4n) is 2.86. The highest BCUT2D eigenvalue weighted by Gasteiger charge is 2.17. The standard InChI is InChI=1S/C19H22N6O2/c1-4-25-18(22-11-23-25)12(2)24-19(26)14-7-5-13(6-8-14)16-17(27-3)15(20)9-10-21-16/h5-12H,4H2,1-3H3,(H2,20,21)(H,24,26)/t12-/m0/s1. The van der Waals surface area contributed by atoms with Crippen molar-refractivity contribution in [1.29, 1.82) is 0 Å². The zero-order chi connectivity index (χ0) is 19.4. The Labute approximate surface area is 157 Å². The SMILES string of the molecule is CCn1ncnc1[C@H](C)NC(=O)c1ccc(-c2nccc(N)c2OC)cc1. The van der Waals surface area contributed by atoms with Gasteiger partial charge in [0.05, 0.1) is 18.8 Å². The summed E-state index contributed by atoms with van der Waals surface area (Å²) in [5, 5.41) is 7.07. The van der Waals surface area contributed by atoms with Crippen molar-refractivity contribution in [3.05, 3.63) is 54.2 Å². The Morgan fingerprint density at radius 1 is 1.26 bits per heavy atom. The number of methoxy groups -OCH3 is 1. The van der Waals surface area contributed by atoms with Gasteiger partial charge in [-0.2, -0.15) is 5.10 Å². The monoisotopic (exact) mass is 366 g/mol. The van der Waals surface area contributed by atoms with Gasteiger partial charge in [-0.05, 0) is 32.0 Å². The molecule has 0 radical (unpaired) electrons. The van der Waals surface area contributed by atoms with Gasteiger partial charge in [0.15, 0.2) is 5.75 Å². The van der Waals surface area contributed by atoms with E-state index in [0.29, 0.717) is 29.2 Å². The van der Waals surface area contributed by atoms with E-state index in [0.717, 1.165) is 11.4 Å². The van der Waals surface area contributed by atoms with Gasteiger partial charge in [0.1, 0.15) is 17.8 Å². The summed E-state index contributed by atoms with van der Waals surface area (Å²) in [5.74, 6) is 1.05. The van der Waals surface area contributed by atoms with Crippen LogP contribution >= 0.6 is 0 Å². The molecular weight excluding hydrogens is 344 g/mol. The highest BCUT2D eigenvalue weighted by atomic mass is 16.5. The lowest BCUT2D eigenvalue weighted by Gasteiger charge is -2.14. The van der Waals surface area contributed by atoms with Gasteiger partial charge >= 0.3 is 0 Å². The maximum atomic E-state index is 12.5. The topological polar surface area (TPSA) is 108 Å². The van der Waals surface area contributed by atoms with Gasteiger partial charge in [-0.25, -0.2) is 9.67 Å². The molecule has 0 unspecified atom stereocenters. The molecule has 2 aromatic heterocycles. The van der Waals surface area contributed by atoms with E-state index in [4.69, 9.17) is 10.5 Å². The van der Waals surface area contributed by atoms with Crippen LogP contribution in [0.4, 0.5) is 5.69 Å². The number of nitrogens with two attached hydrogens (primary N) is 1. The van der Waals surface area contributed by atoms with Crippen LogP contribution in [0.1, 0.15) is 36.1 Å². The van der Waals surface area contributed by atoms with Crippen molar-refractivity contribution in [2.45, 2.75) is 26.4 Å². The molecule has 8 heteroatoms. The second kappa shape index (κ2) is 7.86. The summed E-state index contributed by atoms with van der Waals surface area (Å²) in [6, 6.07) is 8.55. The van der Waals surface area contributed by atoms with Crippen LogP contribution in [0.25, 0.3) is 11.3 Å². The Bertz CT molecular complexity index is 936. The predicted octanol–water partition coefficient (Wildman–Crippen LogP) is 2.44. The highest BCUT2D eigenvalue weighted by Crippen LogP contribution is 2.32. The lowest BCUT2D eigenvalue weighted by Crippen LogP contribution is -2.28. The van der Waals surface area contributed by atoms with Crippen molar-refractivity contribution in [3.8, 4) is 17.0 Å². The molecule has 3 rings (SSSR count). The minimum absolute atomic E-state index is 0.188. The molecule has 3 N–H and O–H groups in total. The van der Waals surface area contributed by atoms with Gasteiger partial charge in [0.2, 0.25) is 0 Å². The van der Waals surface area contributed by atoms with Crippen LogP contribution in [-0.4, -0.2) is 32.8 Å². The van der Waals surface area contributed by atoms with Crippen molar-refractivity contribution < 1.29 is 9.53 Å². The molecule has 2 heterocycles. The molecule has 0 aliphatic heterocycles. The second-order valence-corrected chi connectivity index (χ2v) is 5.99. The number of aromatic nitrogens is 4. The van der Waals surface area contributed by atoms with Gasteiger partial charge in [0, 0.05) is 23.9 Å². The minimum atomic E-state index is -0.254. The Morgan fingerprint density at radius 3 is 2.67 bits per heavy atom. The van der Waals surface area contributed by atoms with E-state index in [-0.39, 0.29) is 11.9 Å². The molecule has 0 spiro atoms. The molecule has 1 aromatic carbocycles. The fraction of sp³-hybridized carbons (Fsp3) is 0.263. The van der Waals surface area contributed by atoms with Crippen molar-refractivity contribution in [3.63, 3.8) is 0 Å². The number of rotatable bonds is 6. The second-order valence-electron chi connectivity index (χ2n) is 5.99. The summed E-state index contributed by atoms with van der Waals surface area (Å²) in [6.07, 6.45) is 3.11. The molecule has 3 aromatic rings. The maximum absolute atomic E-state index is 12.5. The summed E-state index contributed by atoms with van der Waals surface area (Å²) in [6.45, 7) is 4.55. The smallest absolute Gasteiger partial charge is 0.251 e. The van der Waals surface area contributed by atoms with Crippen molar-refractivity contribution >= 4 is 11.6 Å². The Balaban J connectivity index is 1.77. The first-order chi connectivity index (χ1) is 13.0. The van der Waals surface area contributed by atoms with E-state index in [1.807, 2.05) is 26.0 Å². The molecule has 27 heavy (non-hydrogen) atoms. The summed E-state index contributed by atoms with van der Waals surface area (Å²) < 4.78 is 7.10. The van der Waals surface area contributed by atoms with E-state index in [9.17, 15) is 4.79 Å². The largest absolute Gasteiger partial charge is 0.492 e.